The summed E-state index contributed by atoms with van der Waals surface area (Å²) in [5.74, 6) is 1.65. The molecule has 0 spiro atoms. The number of benzene rings is 1. The minimum atomic E-state index is 0.716. The van der Waals surface area contributed by atoms with E-state index in [1.165, 1.54) is 0 Å². The highest BCUT2D eigenvalue weighted by atomic mass is 16.5. The van der Waals surface area contributed by atoms with Gasteiger partial charge in [0.05, 0.1) is 7.11 Å². The molecule has 94 valence electrons. The van der Waals surface area contributed by atoms with E-state index in [9.17, 15) is 0 Å². The Morgan fingerprint density at radius 3 is 2.76 bits per heavy atom. The first kappa shape index (κ1) is 13.8. The summed E-state index contributed by atoms with van der Waals surface area (Å²) in [5.41, 5.74) is 1.14. The van der Waals surface area contributed by atoms with Crippen molar-refractivity contribution >= 4 is 6.08 Å². The van der Waals surface area contributed by atoms with Crippen molar-refractivity contribution in [3.8, 4) is 5.75 Å². The van der Waals surface area contributed by atoms with Crippen molar-refractivity contribution in [1.29, 1.82) is 0 Å². The van der Waals surface area contributed by atoms with Gasteiger partial charge in [-0.05, 0) is 31.5 Å². The van der Waals surface area contributed by atoms with Crippen molar-refractivity contribution in [2.24, 2.45) is 5.92 Å². The van der Waals surface area contributed by atoms with Gasteiger partial charge in [0.2, 0.25) is 0 Å². The smallest absolute Gasteiger partial charge is 0.126 e. The number of methoxy groups -OCH3 is 1. The standard InChI is InChI=1S/C15H23NO/c1-13(2)12-16-11-7-6-9-14-8-4-5-10-15(14)17-3/h4-6,8-10,13,16H,7,11-12H2,1-3H3. The van der Waals surface area contributed by atoms with Crippen LogP contribution in [-0.4, -0.2) is 20.2 Å². The van der Waals surface area contributed by atoms with Crippen LogP contribution in [0.25, 0.3) is 6.08 Å². The molecule has 0 radical (unpaired) electrons. The van der Waals surface area contributed by atoms with Crippen LogP contribution in [0, 0.1) is 5.92 Å². The van der Waals surface area contributed by atoms with Crippen LogP contribution in [0.5, 0.6) is 5.75 Å². The Labute approximate surface area is 105 Å². The third kappa shape index (κ3) is 5.55. The quantitative estimate of drug-likeness (QED) is 0.729. The molecule has 0 aliphatic heterocycles. The molecule has 0 saturated carbocycles. The zero-order chi connectivity index (χ0) is 12.5. The SMILES string of the molecule is COc1ccccc1C=CCCNCC(C)C. The molecular formula is C15H23NO. The van der Waals surface area contributed by atoms with Gasteiger partial charge < -0.3 is 10.1 Å². The van der Waals surface area contributed by atoms with Crippen molar-refractivity contribution in [2.45, 2.75) is 20.3 Å². The fourth-order valence-electron chi connectivity index (χ4n) is 1.59. The maximum absolute atomic E-state index is 5.29. The van der Waals surface area contributed by atoms with Gasteiger partial charge in [0.25, 0.3) is 0 Å². The fraction of sp³-hybridized carbons (Fsp3) is 0.467. The monoisotopic (exact) mass is 233 g/mol. The molecule has 0 atom stereocenters. The summed E-state index contributed by atoms with van der Waals surface area (Å²) in [4.78, 5) is 0. The van der Waals surface area contributed by atoms with Crippen molar-refractivity contribution in [3.05, 3.63) is 35.9 Å². The molecule has 2 nitrogen and oxygen atoms in total. The van der Waals surface area contributed by atoms with E-state index in [0.717, 1.165) is 30.8 Å². The zero-order valence-electron chi connectivity index (χ0n) is 11.1. The predicted molar refractivity (Wildman–Crippen MR) is 74.4 cm³/mol. The maximum atomic E-state index is 5.29. The van der Waals surface area contributed by atoms with Crippen molar-refractivity contribution < 1.29 is 4.74 Å². The topological polar surface area (TPSA) is 21.3 Å². The normalized spacial score (nSPS) is 11.3. The molecule has 0 aliphatic rings. The van der Waals surface area contributed by atoms with Gasteiger partial charge in [-0.1, -0.05) is 44.2 Å². The van der Waals surface area contributed by atoms with Crippen LogP contribution >= 0.6 is 0 Å². The van der Waals surface area contributed by atoms with E-state index < -0.39 is 0 Å². The molecular weight excluding hydrogens is 210 g/mol. The van der Waals surface area contributed by atoms with Crippen LogP contribution in [0.4, 0.5) is 0 Å². The van der Waals surface area contributed by atoms with E-state index in [0.29, 0.717) is 5.92 Å². The minimum absolute atomic E-state index is 0.716. The molecule has 17 heavy (non-hydrogen) atoms. The third-order valence-electron chi connectivity index (χ3n) is 2.48. The van der Waals surface area contributed by atoms with Crippen LogP contribution in [-0.2, 0) is 0 Å². The Kier molecular flexibility index (Phi) is 6.41. The lowest BCUT2D eigenvalue weighted by Crippen LogP contribution is -2.20. The van der Waals surface area contributed by atoms with E-state index in [2.05, 4.69) is 37.4 Å². The zero-order valence-corrected chi connectivity index (χ0v) is 11.1. The van der Waals surface area contributed by atoms with Crippen molar-refractivity contribution in [2.75, 3.05) is 20.2 Å². The number of ether oxygens (including phenoxy) is 1. The van der Waals surface area contributed by atoms with Gasteiger partial charge in [0.1, 0.15) is 5.75 Å². The number of hydrogen-bond donors (Lipinski definition) is 1. The first-order chi connectivity index (χ1) is 8.24. The highest BCUT2D eigenvalue weighted by Crippen LogP contribution is 2.18. The summed E-state index contributed by atoms with van der Waals surface area (Å²) >= 11 is 0. The summed E-state index contributed by atoms with van der Waals surface area (Å²) in [6.07, 6.45) is 5.35. The van der Waals surface area contributed by atoms with E-state index in [1.807, 2.05) is 18.2 Å². The largest absolute Gasteiger partial charge is 0.496 e. The molecule has 0 saturated heterocycles. The summed E-state index contributed by atoms with van der Waals surface area (Å²) in [6, 6.07) is 8.06. The Morgan fingerprint density at radius 1 is 1.29 bits per heavy atom. The first-order valence-corrected chi connectivity index (χ1v) is 6.24. The lowest BCUT2D eigenvalue weighted by Gasteiger charge is -2.05. The Bertz CT molecular complexity index is 345. The second-order valence-electron chi connectivity index (χ2n) is 4.53. The Morgan fingerprint density at radius 2 is 2.06 bits per heavy atom. The molecule has 1 aromatic carbocycles. The average molecular weight is 233 g/mol. The Balaban J connectivity index is 2.33. The van der Waals surface area contributed by atoms with Gasteiger partial charge in [-0.2, -0.15) is 0 Å². The van der Waals surface area contributed by atoms with Gasteiger partial charge in [-0.3, -0.25) is 0 Å². The minimum Gasteiger partial charge on any atom is -0.496 e. The number of para-hydroxylation sites is 1. The van der Waals surface area contributed by atoms with E-state index in [-0.39, 0.29) is 0 Å². The molecule has 1 rings (SSSR count). The van der Waals surface area contributed by atoms with Gasteiger partial charge in [0, 0.05) is 5.56 Å². The van der Waals surface area contributed by atoms with Crippen LogP contribution in [0.2, 0.25) is 0 Å². The lowest BCUT2D eigenvalue weighted by molar-refractivity contribution is 0.414. The Hall–Kier alpha value is -1.28. The number of nitrogens with one attached hydrogen (secondary N) is 1. The highest BCUT2D eigenvalue weighted by molar-refractivity contribution is 5.56. The predicted octanol–water partition coefficient (Wildman–Crippen LogP) is 3.34. The van der Waals surface area contributed by atoms with Crippen molar-refractivity contribution in [1.82, 2.24) is 5.32 Å². The molecule has 2 heteroatoms. The molecule has 0 heterocycles. The van der Waals surface area contributed by atoms with Crippen LogP contribution in [0.1, 0.15) is 25.8 Å². The molecule has 0 amide bonds. The van der Waals surface area contributed by atoms with Crippen LogP contribution in [0.15, 0.2) is 30.3 Å². The van der Waals surface area contributed by atoms with Gasteiger partial charge in [-0.15, -0.1) is 0 Å². The summed E-state index contributed by atoms with van der Waals surface area (Å²) in [5, 5.41) is 3.42. The van der Waals surface area contributed by atoms with Gasteiger partial charge in [-0.25, -0.2) is 0 Å². The van der Waals surface area contributed by atoms with E-state index >= 15 is 0 Å². The lowest BCUT2D eigenvalue weighted by atomic mass is 10.1. The molecule has 0 aromatic heterocycles. The summed E-state index contributed by atoms with van der Waals surface area (Å²) < 4.78 is 5.29. The molecule has 1 aromatic rings. The first-order valence-electron chi connectivity index (χ1n) is 6.24. The van der Waals surface area contributed by atoms with Gasteiger partial charge in [0.15, 0.2) is 0 Å². The average Bonchev–Trinajstić information content (AvgIpc) is 2.33. The molecule has 0 bridgehead atoms. The number of rotatable bonds is 7. The molecule has 0 aliphatic carbocycles. The maximum Gasteiger partial charge on any atom is 0.126 e. The van der Waals surface area contributed by atoms with E-state index in [4.69, 9.17) is 4.74 Å². The second kappa shape index (κ2) is 7.91. The third-order valence-corrected chi connectivity index (χ3v) is 2.48. The van der Waals surface area contributed by atoms with Crippen LogP contribution < -0.4 is 10.1 Å². The number of hydrogen-bond acceptors (Lipinski definition) is 2. The summed E-state index contributed by atoms with van der Waals surface area (Å²) in [7, 11) is 1.71. The summed E-state index contributed by atoms with van der Waals surface area (Å²) in [6.45, 7) is 6.56. The molecule has 0 fully saturated rings. The van der Waals surface area contributed by atoms with E-state index in [1.54, 1.807) is 7.11 Å². The highest BCUT2D eigenvalue weighted by Gasteiger charge is 1.96. The van der Waals surface area contributed by atoms with Crippen LogP contribution in [0.3, 0.4) is 0 Å². The molecule has 0 unspecified atom stereocenters. The molecule has 1 N–H and O–H groups in total. The fourth-order valence-corrected chi connectivity index (χ4v) is 1.59. The second-order valence-corrected chi connectivity index (χ2v) is 4.53. The van der Waals surface area contributed by atoms with Gasteiger partial charge >= 0.3 is 0 Å². The van der Waals surface area contributed by atoms with Crippen molar-refractivity contribution in [3.63, 3.8) is 0 Å².